The zero-order valence-corrected chi connectivity index (χ0v) is 12.9. The highest BCUT2D eigenvalue weighted by Crippen LogP contribution is 2.24. The molecule has 7 nitrogen and oxygen atoms in total. The van der Waals surface area contributed by atoms with Gasteiger partial charge < -0.3 is 4.74 Å². The summed E-state index contributed by atoms with van der Waals surface area (Å²) in [5, 5.41) is 4.04. The van der Waals surface area contributed by atoms with Gasteiger partial charge >= 0.3 is 6.09 Å². The standard InChI is InChI=1S/C12H19N3O4S/c1-5-20(17,18)15-7-9-6-14(8-10(9)13-15)11(16)19-12(2,3)4/h7H,5-6,8H2,1-4H3. The molecule has 8 heteroatoms. The Kier molecular flexibility index (Phi) is 3.53. The summed E-state index contributed by atoms with van der Waals surface area (Å²) >= 11 is 0. The van der Waals surface area contributed by atoms with E-state index >= 15 is 0 Å². The fourth-order valence-corrected chi connectivity index (χ4v) is 2.63. The molecule has 0 atom stereocenters. The molecule has 0 N–H and O–H groups in total. The van der Waals surface area contributed by atoms with E-state index in [1.165, 1.54) is 11.1 Å². The highest BCUT2D eigenvalue weighted by atomic mass is 32.2. The van der Waals surface area contributed by atoms with Gasteiger partial charge in [0, 0.05) is 11.8 Å². The lowest BCUT2D eigenvalue weighted by Crippen LogP contribution is -2.33. The molecule has 1 amide bonds. The van der Waals surface area contributed by atoms with E-state index in [0.717, 1.165) is 9.65 Å². The zero-order valence-electron chi connectivity index (χ0n) is 12.1. The van der Waals surface area contributed by atoms with Crippen LogP contribution >= 0.6 is 0 Å². The smallest absolute Gasteiger partial charge is 0.410 e. The van der Waals surface area contributed by atoms with Gasteiger partial charge in [-0.25, -0.2) is 13.2 Å². The second-order valence-electron chi connectivity index (χ2n) is 5.71. The summed E-state index contributed by atoms with van der Waals surface area (Å²) < 4.78 is 29.7. The third-order valence-corrected chi connectivity index (χ3v) is 4.35. The SMILES string of the molecule is CCS(=O)(=O)n1cc2c(n1)CN(C(=O)OC(C)(C)C)C2. The third-order valence-electron chi connectivity index (χ3n) is 2.86. The van der Waals surface area contributed by atoms with Gasteiger partial charge in [0.2, 0.25) is 0 Å². The fourth-order valence-electron chi connectivity index (χ4n) is 1.86. The summed E-state index contributed by atoms with van der Waals surface area (Å²) in [6.07, 6.45) is 1.05. The minimum absolute atomic E-state index is 0.0106. The third kappa shape index (κ3) is 2.95. The van der Waals surface area contributed by atoms with Gasteiger partial charge in [0.15, 0.2) is 0 Å². The Morgan fingerprint density at radius 3 is 2.55 bits per heavy atom. The maximum absolute atomic E-state index is 11.9. The maximum Gasteiger partial charge on any atom is 0.410 e. The summed E-state index contributed by atoms with van der Waals surface area (Å²) in [6.45, 7) is 7.56. The number of carbonyl (C=O) groups excluding carboxylic acids is 1. The van der Waals surface area contributed by atoms with Crippen LogP contribution in [-0.4, -0.2) is 40.0 Å². The first kappa shape index (κ1) is 14.8. The molecule has 0 aromatic carbocycles. The van der Waals surface area contributed by atoms with Gasteiger partial charge in [-0.2, -0.15) is 9.19 Å². The van der Waals surface area contributed by atoms with Crippen LogP contribution < -0.4 is 0 Å². The number of carbonyl (C=O) groups is 1. The van der Waals surface area contributed by atoms with E-state index in [4.69, 9.17) is 4.74 Å². The number of nitrogens with zero attached hydrogens (tertiary/aromatic N) is 3. The molecule has 0 bridgehead atoms. The van der Waals surface area contributed by atoms with Crippen LogP contribution in [0.4, 0.5) is 4.79 Å². The summed E-state index contributed by atoms with van der Waals surface area (Å²) in [5.74, 6) is -0.0106. The van der Waals surface area contributed by atoms with E-state index in [1.807, 2.05) is 0 Å². The van der Waals surface area contributed by atoms with Crippen LogP contribution in [0.25, 0.3) is 0 Å². The summed E-state index contributed by atoms with van der Waals surface area (Å²) in [4.78, 5) is 13.4. The Hall–Kier alpha value is -1.57. The van der Waals surface area contributed by atoms with Crippen LogP contribution in [0, 0.1) is 0 Å². The Morgan fingerprint density at radius 1 is 1.40 bits per heavy atom. The molecule has 0 saturated heterocycles. The van der Waals surface area contributed by atoms with E-state index in [2.05, 4.69) is 5.10 Å². The molecular weight excluding hydrogens is 282 g/mol. The van der Waals surface area contributed by atoms with Crippen LogP contribution in [0.5, 0.6) is 0 Å². The molecule has 20 heavy (non-hydrogen) atoms. The molecule has 0 radical (unpaired) electrons. The Balaban J connectivity index is 2.11. The second kappa shape index (κ2) is 4.76. The largest absolute Gasteiger partial charge is 0.444 e. The van der Waals surface area contributed by atoms with Crippen molar-refractivity contribution in [3.05, 3.63) is 17.5 Å². The van der Waals surface area contributed by atoms with Crippen LogP contribution in [0.15, 0.2) is 6.20 Å². The van der Waals surface area contributed by atoms with Gasteiger partial charge in [0.1, 0.15) is 5.60 Å². The van der Waals surface area contributed by atoms with Crippen LogP contribution in [-0.2, 0) is 27.8 Å². The Morgan fingerprint density at radius 2 is 2.05 bits per heavy atom. The van der Waals surface area contributed by atoms with Crippen molar-refractivity contribution in [1.29, 1.82) is 0 Å². The van der Waals surface area contributed by atoms with Gasteiger partial charge in [0.25, 0.3) is 10.0 Å². The monoisotopic (exact) mass is 301 g/mol. The number of aromatic nitrogens is 2. The predicted octanol–water partition coefficient (Wildman–Crippen LogP) is 1.33. The minimum Gasteiger partial charge on any atom is -0.444 e. The molecule has 1 aliphatic rings. The van der Waals surface area contributed by atoms with Crippen molar-refractivity contribution in [2.24, 2.45) is 0 Å². The molecule has 1 aliphatic heterocycles. The Bertz CT molecular complexity index is 604. The molecule has 0 spiro atoms. The second-order valence-corrected chi connectivity index (χ2v) is 7.83. The first-order valence-corrected chi connectivity index (χ1v) is 8.02. The molecule has 0 aliphatic carbocycles. The van der Waals surface area contributed by atoms with Crippen molar-refractivity contribution in [1.82, 2.24) is 14.1 Å². The van der Waals surface area contributed by atoms with Gasteiger partial charge in [-0.05, 0) is 27.7 Å². The van der Waals surface area contributed by atoms with E-state index in [-0.39, 0.29) is 12.3 Å². The lowest BCUT2D eigenvalue weighted by molar-refractivity contribution is 0.0239. The van der Waals surface area contributed by atoms with Crippen molar-refractivity contribution in [2.45, 2.75) is 46.4 Å². The first-order chi connectivity index (χ1) is 9.12. The number of hydrogen-bond acceptors (Lipinski definition) is 5. The number of fused-ring (bicyclic) bond motifs is 1. The van der Waals surface area contributed by atoms with Crippen molar-refractivity contribution in [3.8, 4) is 0 Å². The van der Waals surface area contributed by atoms with Crippen molar-refractivity contribution < 1.29 is 17.9 Å². The van der Waals surface area contributed by atoms with Crippen LogP contribution in [0.2, 0.25) is 0 Å². The highest BCUT2D eigenvalue weighted by Gasteiger charge is 2.31. The molecular formula is C12H19N3O4S. The molecule has 1 aromatic heterocycles. The Labute approximate surface area is 118 Å². The maximum atomic E-state index is 11.9. The number of amides is 1. The number of ether oxygens (including phenoxy) is 1. The number of rotatable bonds is 2. The molecule has 0 fully saturated rings. The van der Waals surface area contributed by atoms with Gasteiger partial charge in [-0.3, -0.25) is 4.90 Å². The predicted molar refractivity (Wildman–Crippen MR) is 72.6 cm³/mol. The number of hydrogen-bond donors (Lipinski definition) is 0. The van der Waals surface area contributed by atoms with Crippen molar-refractivity contribution >= 4 is 16.1 Å². The van der Waals surface area contributed by atoms with Crippen molar-refractivity contribution in [2.75, 3.05) is 5.75 Å². The molecule has 0 unspecified atom stereocenters. The molecule has 2 heterocycles. The van der Waals surface area contributed by atoms with E-state index < -0.39 is 21.7 Å². The normalized spacial score (nSPS) is 15.3. The molecule has 2 rings (SSSR count). The molecule has 112 valence electrons. The summed E-state index contributed by atoms with van der Waals surface area (Å²) in [5.41, 5.74) is 0.795. The van der Waals surface area contributed by atoms with Gasteiger partial charge in [-0.1, -0.05) is 0 Å². The molecule has 1 aromatic rings. The topological polar surface area (TPSA) is 81.5 Å². The minimum atomic E-state index is -3.37. The van der Waals surface area contributed by atoms with E-state index in [0.29, 0.717) is 12.2 Å². The van der Waals surface area contributed by atoms with E-state index in [9.17, 15) is 13.2 Å². The lowest BCUT2D eigenvalue weighted by Gasteiger charge is -2.24. The first-order valence-electron chi connectivity index (χ1n) is 6.41. The van der Waals surface area contributed by atoms with Crippen LogP contribution in [0.3, 0.4) is 0 Å². The van der Waals surface area contributed by atoms with E-state index in [1.54, 1.807) is 27.7 Å². The highest BCUT2D eigenvalue weighted by molar-refractivity contribution is 7.89. The van der Waals surface area contributed by atoms with Crippen molar-refractivity contribution in [3.63, 3.8) is 0 Å². The quantitative estimate of drug-likeness (QED) is 0.823. The van der Waals surface area contributed by atoms with Gasteiger partial charge in [0.05, 0.1) is 24.5 Å². The van der Waals surface area contributed by atoms with Crippen LogP contribution in [0.1, 0.15) is 39.0 Å². The summed E-state index contributed by atoms with van der Waals surface area (Å²) in [6, 6.07) is 0. The summed E-state index contributed by atoms with van der Waals surface area (Å²) in [7, 11) is -3.37. The lowest BCUT2D eigenvalue weighted by atomic mass is 10.2. The average molecular weight is 301 g/mol. The molecule has 0 saturated carbocycles. The fraction of sp³-hybridized carbons (Fsp3) is 0.667. The zero-order chi connectivity index (χ0) is 15.1. The van der Waals surface area contributed by atoms with Gasteiger partial charge in [-0.15, -0.1) is 0 Å². The average Bonchev–Trinajstić information content (AvgIpc) is 2.83.